The number of carbonyl (C=O) groups excluding carboxylic acids is 3. The van der Waals surface area contributed by atoms with Crippen molar-refractivity contribution < 1.29 is 76.0 Å². The molecule has 0 bridgehead atoms. The van der Waals surface area contributed by atoms with E-state index in [9.17, 15) is 24.6 Å². The van der Waals surface area contributed by atoms with Crippen LogP contribution in [0.3, 0.4) is 0 Å². The number of hydrogen-bond donors (Lipinski definition) is 2. The molecule has 0 aromatic carbocycles. The summed E-state index contributed by atoms with van der Waals surface area (Å²) in [5, 5.41) is 21.7. The van der Waals surface area contributed by atoms with Gasteiger partial charge in [0.1, 0.15) is 11.3 Å². The fourth-order valence-electron chi connectivity index (χ4n) is 3.36. The molecule has 0 heterocycles. The molecular formula is C21H34KO5+. The van der Waals surface area contributed by atoms with Gasteiger partial charge in [0.15, 0.2) is 23.0 Å². The van der Waals surface area contributed by atoms with Gasteiger partial charge in [-0.2, -0.15) is 0 Å². The molecule has 0 radical (unpaired) electrons. The van der Waals surface area contributed by atoms with Gasteiger partial charge in [0.2, 0.25) is 0 Å². The van der Waals surface area contributed by atoms with Crippen LogP contribution in [0, 0.1) is 23.7 Å². The van der Waals surface area contributed by atoms with E-state index in [0.717, 1.165) is 0 Å². The molecule has 1 rings (SSSR count). The first-order valence-corrected chi connectivity index (χ1v) is 9.69. The summed E-state index contributed by atoms with van der Waals surface area (Å²) in [7, 11) is 0. The molecule has 0 aromatic rings. The van der Waals surface area contributed by atoms with Gasteiger partial charge in [-0.1, -0.05) is 48.0 Å². The average molecular weight is 406 g/mol. The monoisotopic (exact) mass is 405 g/mol. The van der Waals surface area contributed by atoms with Gasteiger partial charge in [0, 0.05) is 12.8 Å². The topological polar surface area (TPSA) is 91.7 Å². The second kappa shape index (κ2) is 11.4. The molecule has 5 nitrogen and oxygen atoms in total. The Morgan fingerprint density at radius 3 is 1.96 bits per heavy atom. The smallest absolute Gasteiger partial charge is 0.508 e. The molecule has 1 aliphatic carbocycles. The van der Waals surface area contributed by atoms with Crippen molar-refractivity contribution in [1.82, 2.24) is 0 Å². The van der Waals surface area contributed by atoms with E-state index < -0.39 is 34.6 Å². The summed E-state index contributed by atoms with van der Waals surface area (Å²) in [6.45, 7) is 11.6. The van der Waals surface area contributed by atoms with Crippen LogP contribution in [0.1, 0.15) is 73.6 Å². The van der Waals surface area contributed by atoms with E-state index in [1.807, 2.05) is 41.5 Å². The van der Waals surface area contributed by atoms with Crippen molar-refractivity contribution in [3.05, 3.63) is 11.3 Å². The molecule has 2 N–H and O–H groups in total. The molecular weight excluding hydrogens is 371 g/mol. The number of aliphatic hydroxyl groups excluding tert-OH is 1. The van der Waals surface area contributed by atoms with Crippen molar-refractivity contribution in [3.63, 3.8) is 0 Å². The number of rotatable bonds is 10. The largest absolute Gasteiger partial charge is 1.00 e. The maximum absolute atomic E-state index is 12.9. The maximum Gasteiger partial charge on any atom is 1.00 e. The number of allylic oxidation sites excluding steroid dienone is 1. The van der Waals surface area contributed by atoms with Crippen LogP contribution in [0.2, 0.25) is 0 Å². The Hall–Kier alpha value is 0.146. The van der Waals surface area contributed by atoms with Gasteiger partial charge >= 0.3 is 51.4 Å². The minimum atomic E-state index is -2.26. The number of aliphatic hydroxyl groups is 2. The summed E-state index contributed by atoms with van der Waals surface area (Å²) in [5.74, 6) is -2.92. The van der Waals surface area contributed by atoms with E-state index in [2.05, 4.69) is 0 Å². The standard InChI is InChI=1S/C21H34O5.K/c1-12(2)7-9-15-19(24)18(16(22)11-14(5)6)20(25)21(15,26)17(23)10-8-13(3)4;/h12-15,25-26H,7-11H2,1-6H3;/q;+1/t15-,21+;/m0./s1. The zero-order valence-corrected chi connectivity index (χ0v) is 21.1. The van der Waals surface area contributed by atoms with Crippen molar-refractivity contribution >= 4 is 17.3 Å². The van der Waals surface area contributed by atoms with Crippen LogP contribution in [0.25, 0.3) is 0 Å². The number of Topliss-reactive ketones (excluding diaryl/α,β-unsaturated/α-hetero) is 3. The Labute approximate surface area is 205 Å². The van der Waals surface area contributed by atoms with Crippen molar-refractivity contribution in [2.75, 3.05) is 0 Å². The third-order valence-electron chi connectivity index (χ3n) is 4.94. The minimum absolute atomic E-state index is 0. The maximum atomic E-state index is 12.9. The van der Waals surface area contributed by atoms with Crippen LogP contribution < -0.4 is 51.4 Å². The van der Waals surface area contributed by atoms with E-state index in [1.54, 1.807) is 0 Å². The van der Waals surface area contributed by atoms with Crippen molar-refractivity contribution in [1.29, 1.82) is 0 Å². The van der Waals surface area contributed by atoms with E-state index in [1.165, 1.54) is 0 Å². The predicted octanol–water partition coefficient (Wildman–Crippen LogP) is 0.789. The molecule has 0 unspecified atom stereocenters. The fraction of sp³-hybridized carbons (Fsp3) is 0.762. The predicted molar refractivity (Wildman–Crippen MR) is 101 cm³/mol. The second-order valence-electron chi connectivity index (χ2n) is 8.75. The van der Waals surface area contributed by atoms with Gasteiger partial charge in [-0.25, -0.2) is 0 Å². The van der Waals surface area contributed by atoms with Crippen LogP contribution in [-0.2, 0) is 14.4 Å². The van der Waals surface area contributed by atoms with Gasteiger partial charge in [-0.05, 0) is 30.6 Å². The Kier molecular flexibility index (Phi) is 11.4. The molecule has 148 valence electrons. The van der Waals surface area contributed by atoms with Gasteiger partial charge in [0.05, 0.1) is 5.92 Å². The van der Waals surface area contributed by atoms with Crippen LogP contribution in [-0.4, -0.2) is 33.2 Å². The summed E-state index contributed by atoms with van der Waals surface area (Å²) in [4.78, 5) is 38.1. The Morgan fingerprint density at radius 2 is 1.52 bits per heavy atom. The molecule has 0 aromatic heterocycles. The first kappa shape index (κ1) is 27.1. The third-order valence-corrected chi connectivity index (χ3v) is 4.94. The van der Waals surface area contributed by atoms with Crippen molar-refractivity contribution in [2.24, 2.45) is 23.7 Å². The number of ketones is 3. The van der Waals surface area contributed by atoms with Gasteiger partial charge in [-0.15, -0.1) is 0 Å². The van der Waals surface area contributed by atoms with Crippen molar-refractivity contribution in [3.8, 4) is 0 Å². The number of carbonyl (C=O) groups is 3. The molecule has 0 saturated heterocycles. The SMILES string of the molecule is CC(C)CCC(=O)[C@@]1(O)C(O)=C(C(=O)CC(C)C)C(=O)[C@@H]1CCC(C)C.[K+]. The van der Waals surface area contributed by atoms with Crippen LogP contribution in [0.4, 0.5) is 0 Å². The summed E-state index contributed by atoms with van der Waals surface area (Å²) < 4.78 is 0. The van der Waals surface area contributed by atoms with Crippen LogP contribution in [0.15, 0.2) is 11.3 Å². The average Bonchev–Trinajstić information content (AvgIpc) is 2.69. The molecule has 0 saturated carbocycles. The Balaban J connectivity index is 0.00000676. The van der Waals surface area contributed by atoms with Crippen LogP contribution >= 0.6 is 0 Å². The summed E-state index contributed by atoms with van der Waals surface area (Å²) in [6.07, 6.45) is 1.60. The van der Waals surface area contributed by atoms with Crippen LogP contribution in [0.5, 0.6) is 0 Å². The Bertz CT molecular complexity index is 591. The summed E-state index contributed by atoms with van der Waals surface area (Å²) in [5.41, 5.74) is -2.63. The van der Waals surface area contributed by atoms with E-state index in [0.29, 0.717) is 12.8 Å². The second-order valence-corrected chi connectivity index (χ2v) is 8.75. The quantitative estimate of drug-likeness (QED) is 0.414. The molecule has 0 aliphatic heterocycles. The van der Waals surface area contributed by atoms with E-state index in [-0.39, 0.29) is 94.0 Å². The molecule has 27 heavy (non-hydrogen) atoms. The fourth-order valence-corrected chi connectivity index (χ4v) is 3.36. The normalized spacial score (nSPS) is 22.7. The van der Waals surface area contributed by atoms with Gasteiger partial charge in [0.25, 0.3) is 0 Å². The first-order valence-electron chi connectivity index (χ1n) is 9.69. The van der Waals surface area contributed by atoms with E-state index >= 15 is 0 Å². The minimum Gasteiger partial charge on any atom is -0.508 e. The van der Waals surface area contributed by atoms with E-state index in [4.69, 9.17) is 0 Å². The molecule has 0 amide bonds. The molecule has 2 atom stereocenters. The summed E-state index contributed by atoms with van der Waals surface area (Å²) >= 11 is 0. The zero-order chi connectivity index (χ0) is 20.2. The van der Waals surface area contributed by atoms with Gasteiger partial charge < -0.3 is 10.2 Å². The van der Waals surface area contributed by atoms with Gasteiger partial charge in [-0.3, -0.25) is 14.4 Å². The molecule has 0 fully saturated rings. The molecule has 0 spiro atoms. The zero-order valence-electron chi connectivity index (χ0n) is 18.0. The Morgan fingerprint density at radius 1 is 1.00 bits per heavy atom. The van der Waals surface area contributed by atoms with Crippen molar-refractivity contribution in [2.45, 2.75) is 79.2 Å². The first-order chi connectivity index (χ1) is 11.9. The molecule has 1 aliphatic rings. The summed E-state index contributed by atoms with van der Waals surface area (Å²) in [6, 6.07) is 0. The third kappa shape index (κ3) is 6.58. The molecule has 6 heteroatoms. The number of hydrogen-bond acceptors (Lipinski definition) is 5.